The highest BCUT2D eigenvalue weighted by Crippen LogP contribution is 2.38. The number of aromatic nitrogens is 2. The maximum Gasteiger partial charge on any atom is 0.134 e. The third-order valence-corrected chi connectivity index (χ3v) is 5.62. The Labute approximate surface area is 126 Å². The summed E-state index contributed by atoms with van der Waals surface area (Å²) in [5.41, 5.74) is 1.11. The molecule has 0 spiro atoms. The minimum absolute atomic E-state index is 0.383. The van der Waals surface area contributed by atoms with Crippen molar-refractivity contribution in [1.82, 2.24) is 9.97 Å². The Hall–Kier alpha value is -0.970. The van der Waals surface area contributed by atoms with Gasteiger partial charge in [-0.05, 0) is 32.9 Å². The van der Waals surface area contributed by atoms with E-state index >= 15 is 0 Å². The summed E-state index contributed by atoms with van der Waals surface area (Å²) in [4.78, 5) is 8.69. The lowest BCUT2D eigenvalue weighted by Crippen LogP contribution is -2.35. The van der Waals surface area contributed by atoms with Crippen molar-refractivity contribution in [1.29, 1.82) is 0 Å². The molecule has 1 aromatic heterocycles. The summed E-state index contributed by atoms with van der Waals surface area (Å²) in [6, 6.07) is 0. The van der Waals surface area contributed by atoms with Crippen molar-refractivity contribution in [2.45, 2.75) is 50.7 Å². The Balaban J connectivity index is 2.04. The zero-order valence-electron chi connectivity index (χ0n) is 12.8. The van der Waals surface area contributed by atoms with Crippen molar-refractivity contribution in [3.05, 3.63) is 11.9 Å². The van der Waals surface area contributed by atoms with E-state index in [0.717, 1.165) is 30.3 Å². The summed E-state index contributed by atoms with van der Waals surface area (Å²) in [5, 5.41) is 6.84. The molecular weight excluding hydrogens is 268 g/mol. The van der Waals surface area contributed by atoms with Crippen LogP contribution in [0.2, 0.25) is 0 Å². The van der Waals surface area contributed by atoms with Crippen LogP contribution in [0, 0.1) is 6.92 Å². The van der Waals surface area contributed by atoms with E-state index in [1.807, 2.05) is 11.8 Å². The minimum Gasteiger partial charge on any atom is -0.370 e. The number of thioether (sulfide) groups is 1. The van der Waals surface area contributed by atoms with E-state index in [2.05, 4.69) is 40.7 Å². The summed E-state index contributed by atoms with van der Waals surface area (Å²) in [5.74, 6) is 1.90. The second kappa shape index (κ2) is 7.16. The Bertz CT molecular complexity index is 430. The summed E-state index contributed by atoms with van der Waals surface area (Å²) in [6.07, 6.45) is 10.6. The lowest BCUT2D eigenvalue weighted by molar-refractivity contribution is 0.411. The smallest absolute Gasteiger partial charge is 0.134 e. The molecule has 1 aliphatic carbocycles. The molecule has 112 valence electrons. The Kier molecular flexibility index (Phi) is 5.52. The van der Waals surface area contributed by atoms with Gasteiger partial charge in [0.05, 0.1) is 0 Å². The second-order valence-corrected chi connectivity index (χ2v) is 6.80. The maximum absolute atomic E-state index is 4.40. The molecule has 0 amide bonds. The van der Waals surface area contributed by atoms with Gasteiger partial charge in [-0.2, -0.15) is 11.8 Å². The fraction of sp³-hybridized carbons (Fsp3) is 0.733. The molecular formula is C15H26N4S. The molecule has 0 bridgehead atoms. The van der Waals surface area contributed by atoms with Crippen molar-refractivity contribution < 1.29 is 0 Å². The molecule has 5 heteroatoms. The molecule has 2 rings (SSSR count). The first-order chi connectivity index (χ1) is 9.71. The van der Waals surface area contributed by atoms with Crippen LogP contribution in [0.5, 0.6) is 0 Å². The van der Waals surface area contributed by atoms with E-state index in [1.165, 1.54) is 32.1 Å². The summed E-state index contributed by atoms with van der Waals surface area (Å²) in [6.45, 7) is 6.04. The van der Waals surface area contributed by atoms with Crippen molar-refractivity contribution >= 4 is 23.4 Å². The third-order valence-electron chi connectivity index (χ3n) is 4.20. The van der Waals surface area contributed by atoms with Gasteiger partial charge in [0.2, 0.25) is 0 Å². The number of nitrogens with one attached hydrogen (secondary N) is 2. The van der Waals surface area contributed by atoms with Crippen LogP contribution in [0.4, 0.5) is 11.6 Å². The molecule has 2 N–H and O–H groups in total. The predicted octanol–water partition coefficient (Wildman–Crippen LogP) is 3.69. The molecule has 0 radical (unpaired) electrons. The Morgan fingerprint density at radius 3 is 2.40 bits per heavy atom. The SMILES string of the molecule is CCNc1ncnc(NCC2(SC)CCCCC2)c1C. The van der Waals surface area contributed by atoms with Crippen molar-refractivity contribution in [2.75, 3.05) is 30.0 Å². The molecule has 1 saturated carbocycles. The van der Waals surface area contributed by atoms with E-state index in [-0.39, 0.29) is 0 Å². The van der Waals surface area contributed by atoms with Crippen LogP contribution < -0.4 is 10.6 Å². The van der Waals surface area contributed by atoms with E-state index in [0.29, 0.717) is 4.75 Å². The first kappa shape index (κ1) is 15.4. The third kappa shape index (κ3) is 3.57. The highest BCUT2D eigenvalue weighted by Gasteiger charge is 2.31. The van der Waals surface area contributed by atoms with Gasteiger partial charge >= 0.3 is 0 Å². The standard InChI is InChI=1S/C15H26N4S/c1-4-16-13-12(2)14(19-11-18-13)17-10-15(20-3)8-6-5-7-9-15/h11H,4-10H2,1-3H3,(H2,16,17,18,19). The molecule has 1 fully saturated rings. The molecule has 1 aliphatic rings. The van der Waals surface area contributed by atoms with E-state index in [1.54, 1.807) is 6.33 Å². The van der Waals surface area contributed by atoms with Crippen LogP contribution in [0.15, 0.2) is 6.33 Å². The van der Waals surface area contributed by atoms with Crippen LogP contribution in [-0.4, -0.2) is 34.1 Å². The topological polar surface area (TPSA) is 49.8 Å². The molecule has 4 nitrogen and oxygen atoms in total. The first-order valence-electron chi connectivity index (χ1n) is 7.55. The average molecular weight is 294 g/mol. The zero-order valence-corrected chi connectivity index (χ0v) is 13.6. The predicted molar refractivity (Wildman–Crippen MR) is 88.8 cm³/mol. The summed E-state index contributed by atoms with van der Waals surface area (Å²) < 4.78 is 0.383. The van der Waals surface area contributed by atoms with E-state index in [4.69, 9.17) is 0 Å². The number of nitrogens with zero attached hydrogens (tertiary/aromatic N) is 2. The average Bonchev–Trinajstić information content (AvgIpc) is 2.49. The molecule has 1 heterocycles. The van der Waals surface area contributed by atoms with Gasteiger partial charge in [-0.25, -0.2) is 9.97 Å². The fourth-order valence-corrected chi connectivity index (χ4v) is 3.78. The zero-order chi connectivity index (χ0) is 14.4. The Morgan fingerprint density at radius 1 is 1.15 bits per heavy atom. The van der Waals surface area contributed by atoms with Crippen molar-refractivity contribution in [2.24, 2.45) is 0 Å². The largest absolute Gasteiger partial charge is 0.370 e. The molecule has 1 aromatic rings. The van der Waals surface area contributed by atoms with Gasteiger partial charge in [0.15, 0.2) is 0 Å². The van der Waals surface area contributed by atoms with E-state index < -0.39 is 0 Å². The van der Waals surface area contributed by atoms with E-state index in [9.17, 15) is 0 Å². The van der Waals surface area contributed by atoms with Gasteiger partial charge in [-0.15, -0.1) is 0 Å². The second-order valence-electron chi connectivity index (χ2n) is 5.53. The van der Waals surface area contributed by atoms with Gasteiger partial charge in [0.1, 0.15) is 18.0 Å². The normalized spacial score (nSPS) is 17.8. The van der Waals surface area contributed by atoms with Crippen LogP contribution in [0.1, 0.15) is 44.6 Å². The highest BCUT2D eigenvalue weighted by atomic mass is 32.2. The van der Waals surface area contributed by atoms with Gasteiger partial charge in [0, 0.05) is 23.4 Å². The van der Waals surface area contributed by atoms with Gasteiger partial charge < -0.3 is 10.6 Å². The van der Waals surface area contributed by atoms with Crippen LogP contribution in [-0.2, 0) is 0 Å². The van der Waals surface area contributed by atoms with Crippen LogP contribution in [0.3, 0.4) is 0 Å². The quantitative estimate of drug-likeness (QED) is 0.838. The van der Waals surface area contributed by atoms with Gasteiger partial charge in [-0.3, -0.25) is 0 Å². The number of anilines is 2. The molecule has 0 aromatic carbocycles. The molecule has 20 heavy (non-hydrogen) atoms. The van der Waals surface area contributed by atoms with Crippen molar-refractivity contribution in [3.8, 4) is 0 Å². The summed E-state index contributed by atoms with van der Waals surface area (Å²) in [7, 11) is 0. The molecule has 0 unspecified atom stereocenters. The minimum atomic E-state index is 0.383. The number of rotatable bonds is 6. The van der Waals surface area contributed by atoms with Crippen LogP contribution in [0.25, 0.3) is 0 Å². The summed E-state index contributed by atoms with van der Waals surface area (Å²) >= 11 is 2.01. The highest BCUT2D eigenvalue weighted by molar-refractivity contribution is 8.00. The Morgan fingerprint density at radius 2 is 1.80 bits per heavy atom. The van der Waals surface area contributed by atoms with Crippen molar-refractivity contribution in [3.63, 3.8) is 0 Å². The van der Waals surface area contributed by atoms with Gasteiger partial charge in [0.25, 0.3) is 0 Å². The molecule has 0 saturated heterocycles. The van der Waals surface area contributed by atoms with Gasteiger partial charge in [-0.1, -0.05) is 19.3 Å². The molecule has 0 atom stereocenters. The lowest BCUT2D eigenvalue weighted by Gasteiger charge is -2.36. The number of hydrogen-bond donors (Lipinski definition) is 2. The monoisotopic (exact) mass is 294 g/mol. The first-order valence-corrected chi connectivity index (χ1v) is 8.78. The lowest BCUT2D eigenvalue weighted by atomic mass is 9.88. The number of hydrogen-bond acceptors (Lipinski definition) is 5. The van der Waals surface area contributed by atoms with Crippen LogP contribution >= 0.6 is 11.8 Å². The maximum atomic E-state index is 4.40. The molecule has 0 aliphatic heterocycles. The fourth-order valence-electron chi connectivity index (χ4n) is 2.87.